The second kappa shape index (κ2) is 7.37. The maximum atomic E-state index is 11.9. The molecule has 2 aromatic rings. The molecule has 122 valence electrons. The van der Waals surface area contributed by atoms with Crippen LogP contribution in [0, 0.1) is 12.8 Å². The van der Waals surface area contributed by atoms with Gasteiger partial charge in [-0.25, -0.2) is 4.63 Å². The Labute approximate surface area is 135 Å². The second-order valence-corrected chi connectivity index (χ2v) is 6.12. The fourth-order valence-corrected chi connectivity index (χ4v) is 3.04. The lowest BCUT2D eigenvalue weighted by atomic mass is 10.1. The molecule has 1 amide bonds. The first-order valence-corrected chi connectivity index (χ1v) is 8.06. The Hall–Kier alpha value is -2.21. The van der Waals surface area contributed by atoms with E-state index >= 15 is 0 Å². The van der Waals surface area contributed by atoms with Crippen molar-refractivity contribution in [2.24, 2.45) is 5.92 Å². The van der Waals surface area contributed by atoms with Crippen LogP contribution in [0.2, 0.25) is 0 Å². The van der Waals surface area contributed by atoms with E-state index in [-0.39, 0.29) is 11.6 Å². The summed E-state index contributed by atoms with van der Waals surface area (Å²) in [6, 6.07) is 10.5. The molecule has 0 bridgehead atoms. The van der Waals surface area contributed by atoms with Gasteiger partial charge in [-0.15, -0.1) is 0 Å². The predicted octanol–water partition coefficient (Wildman–Crippen LogP) is 2.02. The molecule has 3 rings (SSSR count). The van der Waals surface area contributed by atoms with E-state index in [4.69, 9.17) is 0 Å². The van der Waals surface area contributed by atoms with Crippen LogP contribution in [0.15, 0.2) is 35.0 Å². The van der Waals surface area contributed by atoms with Crippen LogP contribution in [-0.2, 0) is 6.54 Å². The van der Waals surface area contributed by atoms with E-state index in [9.17, 15) is 4.79 Å². The highest BCUT2D eigenvalue weighted by Crippen LogP contribution is 2.21. The Morgan fingerprint density at radius 2 is 2.17 bits per heavy atom. The fourth-order valence-electron chi connectivity index (χ4n) is 3.04. The minimum atomic E-state index is -0.206. The Bertz CT molecular complexity index is 641. The van der Waals surface area contributed by atoms with Gasteiger partial charge in [0.2, 0.25) is 0 Å². The fraction of sp³-hybridized carbons (Fsp3) is 0.471. The van der Waals surface area contributed by atoms with Crippen molar-refractivity contribution in [2.45, 2.75) is 26.3 Å². The van der Waals surface area contributed by atoms with Crippen molar-refractivity contribution in [3.05, 3.63) is 47.3 Å². The van der Waals surface area contributed by atoms with Crippen LogP contribution in [0.4, 0.5) is 0 Å². The van der Waals surface area contributed by atoms with Gasteiger partial charge in [0.1, 0.15) is 5.69 Å². The van der Waals surface area contributed by atoms with Gasteiger partial charge in [-0.3, -0.25) is 9.69 Å². The summed E-state index contributed by atoms with van der Waals surface area (Å²) in [7, 11) is 0. The van der Waals surface area contributed by atoms with Crippen molar-refractivity contribution in [2.75, 3.05) is 19.6 Å². The summed E-state index contributed by atoms with van der Waals surface area (Å²) < 4.78 is 4.55. The van der Waals surface area contributed by atoms with Crippen molar-refractivity contribution in [1.82, 2.24) is 20.5 Å². The van der Waals surface area contributed by atoms with Crippen LogP contribution < -0.4 is 5.32 Å². The highest BCUT2D eigenvalue weighted by Gasteiger charge is 2.22. The molecule has 1 unspecified atom stereocenters. The van der Waals surface area contributed by atoms with Crippen molar-refractivity contribution in [3.8, 4) is 0 Å². The lowest BCUT2D eigenvalue weighted by molar-refractivity contribution is 0.0941. The van der Waals surface area contributed by atoms with Crippen LogP contribution in [0.1, 0.15) is 34.6 Å². The number of nitrogens with zero attached hydrogens (tertiary/aromatic N) is 3. The molecule has 1 aromatic carbocycles. The zero-order valence-electron chi connectivity index (χ0n) is 13.4. The average molecular weight is 314 g/mol. The van der Waals surface area contributed by atoms with Gasteiger partial charge in [-0.2, -0.15) is 0 Å². The Kier molecular flexibility index (Phi) is 5.02. The zero-order valence-corrected chi connectivity index (χ0v) is 13.4. The van der Waals surface area contributed by atoms with E-state index in [2.05, 4.69) is 49.4 Å². The van der Waals surface area contributed by atoms with Crippen LogP contribution in [-0.4, -0.2) is 40.8 Å². The molecular formula is C17H22N4O2. The zero-order chi connectivity index (χ0) is 16.1. The summed E-state index contributed by atoms with van der Waals surface area (Å²) in [6.45, 7) is 5.60. The molecule has 1 aliphatic rings. The summed E-state index contributed by atoms with van der Waals surface area (Å²) in [4.78, 5) is 14.4. The third kappa shape index (κ3) is 4.16. The first-order valence-electron chi connectivity index (χ1n) is 8.06. The van der Waals surface area contributed by atoms with Crippen molar-refractivity contribution >= 4 is 5.91 Å². The number of rotatable bonds is 6. The minimum absolute atomic E-state index is 0.206. The van der Waals surface area contributed by atoms with Gasteiger partial charge in [0.05, 0.1) is 0 Å². The number of hydrogen-bond acceptors (Lipinski definition) is 5. The Morgan fingerprint density at radius 1 is 1.35 bits per heavy atom. The van der Waals surface area contributed by atoms with Gasteiger partial charge in [-0.1, -0.05) is 35.5 Å². The summed E-state index contributed by atoms with van der Waals surface area (Å²) in [5.74, 6) is 0.429. The van der Waals surface area contributed by atoms with Crippen LogP contribution >= 0.6 is 0 Å². The SMILES string of the molecule is Cc1nonc1C(=O)NCCC1CCN(Cc2ccccc2)C1. The van der Waals surface area contributed by atoms with Gasteiger partial charge < -0.3 is 5.32 Å². The molecule has 6 heteroatoms. The first-order chi connectivity index (χ1) is 11.2. The molecule has 0 saturated carbocycles. The number of likely N-dealkylation sites (tertiary alicyclic amines) is 1. The first kappa shape index (κ1) is 15.7. The Balaban J connectivity index is 1.39. The van der Waals surface area contributed by atoms with Crippen molar-refractivity contribution < 1.29 is 9.42 Å². The molecule has 1 atom stereocenters. The lowest BCUT2D eigenvalue weighted by Crippen LogP contribution is -2.27. The number of aromatic nitrogens is 2. The highest BCUT2D eigenvalue weighted by atomic mass is 16.6. The highest BCUT2D eigenvalue weighted by molar-refractivity contribution is 5.92. The third-order valence-electron chi connectivity index (χ3n) is 4.32. The van der Waals surface area contributed by atoms with Gasteiger partial charge in [0.15, 0.2) is 5.69 Å². The molecular weight excluding hydrogens is 292 g/mol. The van der Waals surface area contributed by atoms with E-state index in [1.54, 1.807) is 6.92 Å². The smallest absolute Gasteiger partial charge is 0.275 e. The quantitative estimate of drug-likeness (QED) is 0.883. The molecule has 6 nitrogen and oxygen atoms in total. The van der Waals surface area contributed by atoms with Gasteiger partial charge >= 0.3 is 0 Å². The molecule has 1 fully saturated rings. The number of aryl methyl sites for hydroxylation is 1. The summed E-state index contributed by atoms with van der Waals surface area (Å²) in [5.41, 5.74) is 2.16. The summed E-state index contributed by atoms with van der Waals surface area (Å²) in [6.07, 6.45) is 2.18. The number of carbonyl (C=O) groups excluding carboxylic acids is 1. The molecule has 0 aliphatic carbocycles. The van der Waals surface area contributed by atoms with Gasteiger partial charge in [-0.05, 0) is 42.9 Å². The largest absolute Gasteiger partial charge is 0.351 e. The molecule has 0 radical (unpaired) electrons. The van der Waals surface area contributed by atoms with Crippen molar-refractivity contribution in [3.63, 3.8) is 0 Å². The molecule has 0 spiro atoms. The molecule has 1 saturated heterocycles. The molecule has 23 heavy (non-hydrogen) atoms. The molecule has 1 aromatic heterocycles. The van der Waals surface area contributed by atoms with E-state index in [1.165, 1.54) is 12.0 Å². The number of nitrogens with one attached hydrogen (secondary N) is 1. The lowest BCUT2D eigenvalue weighted by Gasteiger charge is -2.16. The second-order valence-electron chi connectivity index (χ2n) is 6.12. The average Bonchev–Trinajstić information content (AvgIpc) is 3.17. The van der Waals surface area contributed by atoms with Crippen LogP contribution in [0.25, 0.3) is 0 Å². The number of amides is 1. The summed E-state index contributed by atoms with van der Waals surface area (Å²) in [5, 5.41) is 10.1. The maximum Gasteiger partial charge on any atom is 0.275 e. The molecule has 1 aliphatic heterocycles. The number of hydrogen-bond donors (Lipinski definition) is 1. The van der Waals surface area contributed by atoms with E-state index in [0.29, 0.717) is 18.2 Å². The standard InChI is InChI=1S/C17H22N4O2/c1-13-16(20-23-19-13)17(22)18-9-7-15-8-10-21(12-15)11-14-5-3-2-4-6-14/h2-6,15H,7-12H2,1H3,(H,18,22). The van der Waals surface area contributed by atoms with Gasteiger partial charge in [0, 0.05) is 19.6 Å². The summed E-state index contributed by atoms with van der Waals surface area (Å²) >= 11 is 0. The molecule has 2 heterocycles. The van der Waals surface area contributed by atoms with Crippen molar-refractivity contribution in [1.29, 1.82) is 0 Å². The van der Waals surface area contributed by atoms with Gasteiger partial charge in [0.25, 0.3) is 5.91 Å². The van der Waals surface area contributed by atoms with Crippen LogP contribution in [0.3, 0.4) is 0 Å². The molecule has 1 N–H and O–H groups in total. The van der Waals surface area contributed by atoms with E-state index in [0.717, 1.165) is 26.1 Å². The van der Waals surface area contributed by atoms with Crippen LogP contribution in [0.5, 0.6) is 0 Å². The minimum Gasteiger partial charge on any atom is -0.351 e. The predicted molar refractivity (Wildman–Crippen MR) is 85.8 cm³/mol. The Morgan fingerprint density at radius 3 is 2.91 bits per heavy atom. The van der Waals surface area contributed by atoms with E-state index < -0.39 is 0 Å². The number of carbonyl (C=O) groups is 1. The normalized spacial score (nSPS) is 18.2. The third-order valence-corrected chi connectivity index (χ3v) is 4.32. The monoisotopic (exact) mass is 314 g/mol. The topological polar surface area (TPSA) is 71.3 Å². The van der Waals surface area contributed by atoms with E-state index in [1.807, 2.05) is 6.07 Å². The number of benzene rings is 1. The maximum absolute atomic E-state index is 11.9.